The quantitative estimate of drug-likeness (QED) is 0.528. The summed E-state index contributed by atoms with van der Waals surface area (Å²) >= 11 is 9.88. The molecule has 1 aliphatic rings. The minimum atomic E-state index is -0.167. The highest BCUT2D eigenvalue weighted by Gasteiger charge is 2.22. The third-order valence-corrected chi connectivity index (χ3v) is 5.84. The van der Waals surface area contributed by atoms with Gasteiger partial charge < -0.3 is 4.57 Å². The lowest BCUT2D eigenvalue weighted by Crippen LogP contribution is -2.18. The number of thioether (sulfide) groups is 1. The van der Waals surface area contributed by atoms with E-state index in [4.69, 9.17) is 11.6 Å². The molecule has 1 aromatic heterocycles. The van der Waals surface area contributed by atoms with Crippen LogP contribution in [0.4, 0.5) is 4.39 Å². The van der Waals surface area contributed by atoms with E-state index in [0.29, 0.717) is 15.5 Å². The number of nitrogens with zero attached hydrogens (tertiary/aromatic N) is 2. The van der Waals surface area contributed by atoms with Crippen LogP contribution in [0, 0.1) is 9.39 Å². The van der Waals surface area contributed by atoms with Crippen LogP contribution in [-0.4, -0.2) is 26.9 Å². The molecule has 1 saturated heterocycles. The molecule has 0 saturated carbocycles. The Hall–Kier alpha value is -0.0100. The number of fused-ring (bicyclic) bond motifs is 1. The summed E-state index contributed by atoms with van der Waals surface area (Å²) < 4.78 is 16.8. The molecule has 108 valence electrons. The zero-order valence-corrected chi connectivity index (χ0v) is 14.6. The highest BCUT2D eigenvalue weighted by atomic mass is 127. The second kappa shape index (κ2) is 6.40. The Bertz CT molecular complexity index is 625. The summed E-state index contributed by atoms with van der Waals surface area (Å²) in [5.41, 5.74) is 1.79. The molecule has 2 aromatic rings. The Kier molecular flexibility index (Phi) is 4.77. The van der Waals surface area contributed by atoms with Crippen molar-refractivity contribution < 1.29 is 4.39 Å². The lowest BCUT2D eigenvalue weighted by atomic mass is 10.1. The molecule has 1 aromatic carbocycles. The monoisotopic (exact) mass is 424 g/mol. The maximum Gasteiger partial charge on any atom is 0.138 e. The molecule has 0 N–H and O–H groups in total. The Morgan fingerprint density at radius 1 is 1.50 bits per heavy atom. The fourth-order valence-corrected chi connectivity index (χ4v) is 4.48. The number of aryl methyl sites for hydroxylation is 1. The van der Waals surface area contributed by atoms with Gasteiger partial charge in [0.15, 0.2) is 0 Å². The molecule has 1 atom stereocenters. The van der Waals surface area contributed by atoms with Crippen molar-refractivity contribution in [2.45, 2.75) is 25.3 Å². The molecule has 2 heterocycles. The summed E-state index contributed by atoms with van der Waals surface area (Å²) in [4.78, 5) is 4.68. The van der Waals surface area contributed by atoms with Crippen LogP contribution < -0.4 is 0 Å². The minimum absolute atomic E-state index is 0.167. The Labute approximate surface area is 140 Å². The molecule has 1 fully saturated rings. The topological polar surface area (TPSA) is 17.8 Å². The van der Waals surface area contributed by atoms with E-state index in [2.05, 4.69) is 9.55 Å². The van der Waals surface area contributed by atoms with E-state index < -0.39 is 0 Å². The number of hydrogen-bond donors (Lipinski definition) is 0. The summed E-state index contributed by atoms with van der Waals surface area (Å²) in [6.45, 7) is 0. The van der Waals surface area contributed by atoms with Crippen LogP contribution in [0.2, 0.25) is 0 Å². The highest BCUT2D eigenvalue weighted by Crippen LogP contribution is 2.32. The van der Waals surface area contributed by atoms with Crippen LogP contribution in [0.15, 0.2) is 12.1 Å². The predicted molar refractivity (Wildman–Crippen MR) is 92.4 cm³/mol. The van der Waals surface area contributed by atoms with Gasteiger partial charge in [-0.3, -0.25) is 0 Å². The number of hydrogen-bond acceptors (Lipinski definition) is 2. The van der Waals surface area contributed by atoms with E-state index in [1.807, 2.05) is 40.4 Å². The first-order chi connectivity index (χ1) is 9.70. The molecule has 6 heteroatoms. The first-order valence-corrected chi connectivity index (χ1v) is 9.47. The average Bonchev–Trinajstić information content (AvgIpc) is 2.78. The number of halogens is 3. The number of aromatic nitrogens is 2. The smallest absolute Gasteiger partial charge is 0.138 e. The molecule has 20 heavy (non-hydrogen) atoms. The fourth-order valence-electron chi connectivity index (χ4n) is 2.74. The number of imidazole rings is 1. The SMILES string of the molecule is Fc1cc2c(cc1I)nc(CCCl)n2C1CCCSC1. The van der Waals surface area contributed by atoms with Crippen molar-refractivity contribution in [1.29, 1.82) is 0 Å². The van der Waals surface area contributed by atoms with Gasteiger partial charge in [0.1, 0.15) is 11.6 Å². The van der Waals surface area contributed by atoms with Crippen LogP contribution in [-0.2, 0) is 6.42 Å². The largest absolute Gasteiger partial charge is 0.324 e. The van der Waals surface area contributed by atoms with Crippen molar-refractivity contribution in [1.82, 2.24) is 9.55 Å². The van der Waals surface area contributed by atoms with Crippen molar-refractivity contribution in [3.05, 3.63) is 27.3 Å². The maximum atomic E-state index is 13.9. The zero-order valence-electron chi connectivity index (χ0n) is 10.9. The van der Waals surface area contributed by atoms with Gasteiger partial charge in [-0.2, -0.15) is 11.8 Å². The second-order valence-corrected chi connectivity index (χ2v) is 7.65. The van der Waals surface area contributed by atoms with Crippen LogP contribution >= 0.6 is 46.0 Å². The average molecular weight is 425 g/mol. The molecule has 0 bridgehead atoms. The van der Waals surface area contributed by atoms with Gasteiger partial charge in [-0.1, -0.05) is 0 Å². The Morgan fingerprint density at radius 3 is 3.05 bits per heavy atom. The van der Waals surface area contributed by atoms with Crippen molar-refractivity contribution in [3.63, 3.8) is 0 Å². The van der Waals surface area contributed by atoms with E-state index in [1.165, 1.54) is 12.2 Å². The first kappa shape index (κ1) is 14.9. The molecule has 0 spiro atoms. The predicted octanol–water partition coefficient (Wildman–Crippen LogP) is 4.63. The molecule has 0 amide bonds. The van der Waals surface area contributed by atoms with Gasteiger partial charge in [0.05, 0.1) is 14.6 Å². The summed E-state index contributed by atoms with van der Waals surface area (Å²) in [7, 11) is 0. The fraction of sp³-hybridized carbons (Fsp3) is 0.500. The first-order valence-electron chi connectivity index (χ1n) is 6.70. The van der Waals surface area contributed by atoms with Gasteiger partial charge in [-0.25, -0.2) is 9.37 Å². The molecule has 1 aliphatic heterocycles. The standard InChI is InChI=1S/C14H15ClFIN2S/c15-4-3-14-18-12-7-11(17)10(16)6-13(12)19(14)9-2-1-5-20-8-9/h6-7,9H,1-5,8H2. The lowest BCUT2D eigenvalue weighted by Gasteiger charge is -2.25. The van der Waals surface area contributed by atoms with Crippen molar-refractivity contribution in [2.75, 3.05) is 17.4 Å². The third kappa shape index (κ3) is 2.81. The van der Waals surface area contributed by atoms with E-state index in [9.17, 15) is 4.39 Å². The molecule has 1 unspecified atom stereocenters. The van der Waals surface area contributed by atoms with E-state index in [0.717, 1.165) is 35.5 Å². The van der Waals surface area contributed by atoms with Gasteiger partial charge in [0.2, 0.25) is 0 Å². The number of benzene rings is 1. The van der Waals surface area contributed by atoms with Gasteiger partial charge in [-0.05, 0) is 47.3 Å². The maximum absolute atomic E-state index is 13.9. The Balaban J connectivity index is 2.14. The van der Waals surface area contributed by atoms with Crippen LogP contribution in [0.25, 0.3) is 11.0 Å². The third-order valence-electron chi connectivity index (χ3n) is 3.62. The van der Waals surface area contributed by atoms with Gasteiger partial charge in [0, 0.05) is 30.2 Å². The second-order valence-electron chi connectivity index (χ2n) is 4.96. The number of alkyl halides is 1. The Morgan fingerprint density at radius 2 is 2.35 bits per heavy atom. The normalized spacial score (nSPS) is 19.6. The van der Waals surface area contributed by atoms with E-state index in [1.54, 1.807) is 6.07 Å². The molecule has 0 aliphatic carbocycles. The summed E-state index contributed by atoms with van der Waals surface area (Å²) in [6, 6.07) is 3.87. The molecular weight excluding hydrogens is 410 g/mol. The molecule has 3 rings (SSSR count). The van der Waals surface area contributed by atoms with Crippen LogP contribution in [0.1, 0.15) is 24.7 Å². The van der Waals surface area contributed by atoms with E-state index in [-0.39, 0.29) is 5.82 Å². The van der Waals surface area contributed by atoms with Gasteiger partial charge >= 0.3 is 0 Å². The van der Waals surface area contributed by atoms with Gasteiger partial charge in [-0.15, -0.1) is 11.6 Å². The van der Waals surface area contributed by atoms with Crippen LogP contribution in [0.3, 0.4) is 0 Å². The molecule has 2 nitrogen and oxygen atoms in total. The summed E-state index contributed by atoms with van der Waals surface area (Å²) in [5, 5.41) is 0. The minimum Gasteiger partial charge on any atom is -0.324 e. The molecule has 0 radical (unpaired) electrons. The molecular formula is C14H15ClFIN2S. The lowest BCUT2D eigenvalue weighted by molar-refractivity contribution is 0.495. The van der Waals surface area contributed by atoms with Gasteiger partial charge in [0.25, 0.3) is 0 Å². The van der Waals surface area contributed by atoms with Crippen molar-refractivity contribution in [2.24, 2.45) is 0 Å². The zero-order chi connectivity index (χ0) is 14.1. The highest BCUT2D eigenvalue weighted by molar-refractivity contribution is 14.1. The van der Waals surface area contributed by atoms with E-state index >= 15 is 0 Å². The number of rotatable bonds is 3. The van der Waals surface area contributed by atoms with Crippen molar-refractivity contribution in [3.8, 4) is 0 Å². The van der Waals surface area contributed by atoms with Crippen molar-refractivity contribution >= 4 is 57.0 Å². The summed E-state index contributed by atoms with van der Waals surface area (Å²) in [6.07, 6.45) is 3.08. The van der Waals surface area contributed by atoms with Crippen LogP contribution in [0.5, 0.6) is 0 Å². The summed E-state index contributed by atoms with van der Waals surface area (Å²) in [5.74, 6) is 3.67.